The number of rotatable bonds is 7. The molecule has 116 valence electrons. The molecule has 1 rings (SSSR count). The number of hydrogen-bond donors (Lipinski definition) is 2. The lowest BCUT2D eigenvalue weighted by atomic mass is 10.2. The van der Waals surface area contributed by atoms with Crippen molar-refractivity contribution < 1.29 is 14.7 Å². The quantitative estimate of drug-likeness (QED) is 0.732. The van der Waals surface area contributed by atoms with E-state index in [1.54, 1.807) is 16.7 Å². The van der Waals surface area contributed by atoms with Crippen molar-refractivity contribution in [2.24, 2.45) is 0 Å². The van der Waals surface area contributed by atoms with Crippen LogP contribution in [0.25, 0.3) is 0 Å². The highest BCUT2D eigenvalue weighted by Gasteiger charge is 2.31. The molecule has 7 heteroatoms. The van der Waals surface area contributed by atoms with Crippen LogP contribution in [0.15, 0.2) is 0 Å². The van der Waals surface area contributed by atoms with Crippen LogP contribution in [0.1, 0.15) is 19.3 Å². The van der Waals surface area contributed by atoms with Gasteiger partial charge in [-0.05, 0) is 45.4 Å². The number of amides is 2. The normalized spacial score (nSPS) is 20.2. The van der Waals surface area contributed by atoms with E-state index in [9.17, 15) is 9.59 Å². The van der Waals surface area contributed by atoms with Gasteiger partial charge in [0.1, 0.15) is 6.04 Å². The van der Waals surface area contributed by atoms with Crippen LogP contribution >= 0.6 is 11.8 Å². The predicted octanol–water partition coefficient (Wildman–Crippen LogP) is 0.928. The van der Waals surface area contributed by atoms with Gasteiger partial charge in [-0.3, -0.25) is 0 Å². The van der Waals surface area contributed by atoms with Crippen molar-refractivity contribution in [3.8, 4) is 0 Å². The summed E-state index contributed by atoms with van der Waals surface area (Å²) in [7, 11) is 3.96. The first-order valence-corrected chi connectivity index (χ1v) is 8.28. The van der Waals surface area contributed by atoms with E-state index in [0.29, 0.717) is 13.0 Å². The molecule has 0 spiro atoms. The number of carbonyl (C=O) groups excluding carboxylic acids is 1. The molecule has 1 fully saturated rings. The summed E-state index contributed by atoms with van der Waals surface area (Å²) in [6.45, 7) is 1.52. The fourth-order valence-electron chi connectivity index (χ4n) is 2.44. The van der Waals surface area contributed by atoms with Crippen molar-refractivity contribution in [2.45, 2.75) is 31.3 Å². The number of carboxylic acid groups (broad SMARTS) is 1. The summed E-state index contributed by atoms with van der Waals surface area (Å²) < 4.78 is 0. The number of nitrogens with zero attached hydrogens (tertiary/aromatic N) is 2. The minimum atomic E-state index is -0.962. The van der Waals surface area contributed by atoms with Gasteiger partial charge in [0.25, 0.3) is 0 Å². The van der Waals surface area contributed by atoms with Gasteiger partial charge in [0, 0.05) is 19.1 Å². The number of hydrogen-bond acceptors (Lipinski definition) is 4. The average molecular weight is 303 g/mol. The molecule has 2 N–H and O–H groups in total. The van der Waals surface area contributed by atoms with E-state index in [-0.39, 0.29) is 12.1 Å². The maximum Gasteiger partial charge on any atom is 0.326 e. The molecule has 0 aromatic rings. The molecular formula is C13H25N3O3S. The Morgan fingerprint density at radius 1 is 1.50 bits per heavy atom. The van der Waals surface area contributed by atoms with Crippen LogP contribution in [0.3, 0.4) is 0 Å². The minimum Gasteiger partial charge on any atom is -0.480 e. The lowest BCUT2D eigenvalue weighted by Gasteiger charge is -2.28. The molecule has 0 aromatic carbocycles. The van der Waals surface area contributed by atoms with Gasteiger partial charge >= 0.3 is 12.0 Å². The van der Waals surface area contributed by atoms with Crippen LogP contribution in [-0.2, 0) is 4.79 Å². The van der Waals surface area contributed by atoms with Crippen LogP contribution in [0.2, 0.25) is 0 Å². The van der Waals surface area contributed by atoms with Crippen LogP contribution in [-0.4, -0.2) is 78.2 Å². The van der Waals surface area contributed by atoms with Gasteiger partial charge in [-0.25, -0.2) is 9.59 Å². The fraction of sp³-hybridized carbons (Fsp3) is 0.846. The number of urea groups is 1. The molecule has 0 saturated carbocycles. The number of likely N-dealkylation sites (N-methyl/N-ethyl adjacent to an activating group) is 1. The van der Waals surface area contributed by atoms with E-state index >= 15 is 0 Å². The topological polar surface area (TPSA) is 72.9 Å². The number of aliphatic carboxylic acids is 1. The van der Waals surface area contributed by atoms with Crippen molar-refractivity contribution in [1.82, 2.24) is 15.1 Å². The molecule has 20 heavy (non-hydrogen) atoms. The third kappa shape index (κ3) is 5.20. The second-order valence-corrected chi connectivity index (χ2v) is 6.36. The molecule has 0 bridgehead atoms. The van der Waals surface area contributed by atoms with E-state index in [1.807, 2.05) is 20.4 Å². The Morgan fingerprint density at radius 2 is 2.20 bits per heavy atom. The van der Waals surface area contributed by atoms with E-state index < -0.39 is 12.0 Å². The minimum absolute atomic E-state index is 0.181. The van der Waals surface area contributed by atoms with Crippen LogP contribution in [0, 0.1) is 0 Å². The molecule has 0 radical (unpaired) electrons. The Morgan fingerprint density at radius 3 is 2.75 bits per heavy atom. The summed E-state index contributed by atoms with van der Waals surface area (Å²) in [6.07, 6.45) is 4.34. The summed E-state index contributed by atoms with van der Waals surface area (Å²) in [4.78, 5) is 27.2. The third-order valence-corrected chi connectivity index (χ3v) is 4.06. The third-order valence-electron chi connectivity index (χ3n) is 3.42. The summed E-state index contributed by atoms with van der Waals surface area (Å²) in [6, 6.07) is -0.863. The standard InChI is InChI=1S/C13H25N3O3S/c1-15(2)9-10-5-4-7-16(10)13(19)14-11(12(17)18)6-8-20-3/h10-11H,4-9H2,1-3H3,(H,14,19)(H,17,18). The first-order valence-electron chi connectivity index (χ1n) is 6.89. The zero-order chi connectivity index (χ0) is 15.1. The number of carbonyl (C=O) groups is 2. The summed E-state index contributed by atoms with van der Waals surface area (Å²) in [5.74, 6) is -0.242. The SMILES string of the molecule is CSCCC(NC(=O)N1CCCC1CN(C)C)C(=O)O. The molecule has 2 amide bonds. The maximum atomic E-state index is 12.2. The molecule has 1 aliphatic rings. The van der Waals surface area contributed by atoms with Crippen LogP contribution < -0.4 is 5.32 Å². The molecule has 1 aliphatic heterocycles. The van der Waals surface area contributed by atoms with Crippen molar-refractivity contribution in [3.05, 3.63) is 0 Å². The second kappa shape index (κ2) is 8.36. The molecule has 2 unspecified atom stereocenters. The summed E-state index contributed by atoms with van der Waals surface area (Å²) >= 11 is 1.58. The van der Waals surface area contributed by atoms with Gasteiger partial charge in [-0.1, -0.05) is 0 Å². The van der Waals surface area contributed by atoms with Crippen LogP contribution in [0.4, 0.5) is 4.79 Å². The van der Waals surface area contributed by atoms with E-state index in [0.717, 1.165) is 25.1 Å². The highest BCUT2D eigenvalue weighted by atomic mass is 32.2. The molecule has 1 heterocycles. The largest absolute Gasteiger partial charge is 0.480 e. The Hall–Kier alpha value is -0.950. The smallest absolute Gasteiger partial charge is 0.326 e. The highest BCUT2D eigenvalue weighted by molar-refractivity contribution is 7.98. The molecule has 6 nitrogen and oxygen atoms in total. The second-order valence-electron chi connectivity index (χ2n) is 5.37. The van der Waals surface area contributed by atoms with Gasteiger partial charge < -0.3 is 20.2 Å². The Kier molecular flexibility index (Phi) is 7.15. The monoisotopic (exact) mass is 303 g/mol. The Bertz CT molecular complexity index is 339. The molecular weight excluding hydrogens is 278 g/mol. The number of nitrogens with one attached hydrogen (secondary N) is 1. The molecule has 1 saturated heterocycles. The van der Waals surface area contributed by atoms with E-state index in [4.69, 9.17) is 5.11 Å². The summed E-state index contributed by atoms with van der Waals surface area (Å²) in [5.41, 5.74) is 0. The van der Waals surface area contributed by atoms with Gasteiger partial charge in [0.05, 0.1) is 0 Å². The Balaban J connectivity index is 2.56. The van der Waals surface area contributed by atoms with Gasteiger partial charge in [-0.15, -0.1) is 0 Å². The van der Waals surface area contributed by atoms with E-state index in [1.165, 1.54) is 0 Å². The first-order chi connectivity index (χ1) is 9.45. The lowest BCUT2D eigenvalue weighted by Crippen LogP contribution is -2.51. The fourth-order valence-corrected chi connectivity index (χ4v) is 2.91. The first kappa shape index (κ1) is 17.1. The van der Waals surface area contributed by atoms with E-state index in [2.05, 4.69) is 10.2 Å². The van der Waals surface area contributed by atoms with Gasteiger partial charge in [0.2, 0.25) is 0 Å². The predicted molar refractivity (Wildman–Crippen MR) is 81.2 cm³/mol. The average Bonchev–Trinajstić information content (AvgIpc) is 2.81. The maximum absolute atomic E-state index is 12.2. The molecule has 0 aromatic heterocycles. The number of thioether (sulfide) groups is 1. The lowest BCUT2D eigenvalue weighted by molar-refractivity contribution is -0.139. The zero-order valence-corrected chi connectivity index (χ0v) is 13.3. The van der Waals surface area contributed by atoms with Crippen molar-refractivity contribution >= 4 is 23.8 Å². The zero-order valence-electron chi connectivity index (χ0n) is 12.5. The highest BCUT2D eigenvalue weighted by Crippen LogP contribution is 2.18. The van der Waals surface area contributed by atoms with Crippen molar-refractivity contribution in [1.29, 1.82) is 0 Å². The number of likely N-dealkylation sites (tertiary alicyclic amines) is 1. The summed E-state index contributed by atoms with van der Waals surface area (Å²) in [5, 5.41) is 11.8. The molecule has 0 aliphatic carbocycles. The number of carboxylic acids is 1. The van der Waals surface area contributed by atoms with Crippen molar-refractivity contribution in [2.75, 3.05) is 39.2 Å². The Labute approximate surface area is 124 Å². The van der Waals surface area contributed by atoms with Gasteiger partial charge in [0.15, 0.2) is 0 Å². The van der Waals surface area contributed by atoms with Crippen LogP contribution in [0.5, 0.6) is 0 Å². The van der Waals surface area contributed by atoms with Crippen molar-refractivity contribution in [3.63, 3.8) is 0 Å². The molecule has 2 atom stereocenters. The van der Waals surface area contributed by atoms with Gasteiger partial charge in [-0.2, -0.15) is 11.8 Å².